The second-order valence-electron chi connectivity index (χ2n) is 13.0. The predicted molar refractivity (Wildman–Crippen MR) is 226 cm³/mol. The SMILES string of the molecule is c1ccc(-c2nc(-c3ccc4c(c3)sc3ccccc34)nc(-c3cccc4sc5c(-c6ccc(-c7nc8ccccc8s7)cc6)cccc5c34)n2)cc1. The zero-order valence-corrected chi connectivity index (χ0v) is 30.5. The normalized spacial score (nSPS) is 11.8. The highest BCUT2D eigenvalue weighted by molar-refractivity contribution is 7.26. The number of thiophene rings is 2. The van der Waals surface area contributed by atoms with Gasteiger partial charge in [-0.15, -0.1) is 34.0 Å². The van der Waals surface area contributed by atoms with Gasteiger partial charge in [0.1, 0.15) is 5.01 Å². The number of fused-ring (bicyclic) bond motifs is 7. The Bertz CT molecular complexity index is 3140. The van der Waals surface area contributed by atoms with E-state index in [1.165, 1.54) is 50.8 Å². The van der Waals surface area contributed by atoms with E-state index in [0.29, 0.717) is 17.5 Å². The van der Waals surface area contributed by atoms with E-state index in [1.807, 2.05) is 35.6 Å². The molecule has 7 heteroatoms. The van der Waals surface area contributed by atoms with Crippen molar-refractivity contribution in [2.45, 2.75) is 0 Å². The molecule has 0 atom stereocenters. The van der Waals surface area contributed by atoms with Crippen molar-refractivity contribution in [1.29, 1.82) is 0 Å². The fraction of sp³-hybridized carbons (Fsp3) is 0. The first-order valence-corrected chi connectivity index (χ1v) is 19.8. The van der Waals surface area contributed by atoms with Gasteiger partial charge in [0.05, 0.1) is 10.2 Å². The summed E-state index contributed by atoms with van der Waals surface area (Å²) in [7, 11) is 0. The summed E-state index contributed by atoms with van der Waals surface area (Å²) < 4.78 is 6.15. The molecule has 0 radical (unpaired) electrons. The van der Waals surface area contributed by atoms with Crippen molar-refractivity contribution < 1.29 is 0 Å². The lowest BCUT2D eigenvalue weighted by Gasteiger charge is -2.10. The summed E-state index contributed by atoms with van der Waals surface area (Å²) in [6, 6.07) is 55.6. The van der Waals surface area contributed by atoms with Crippen molar-refractivity contribution in [3.8, 4) is 55.9 Å². The monoisotopic (exact) mass is 730 g/mol. The molecular weight excluding hydrogens is 705 g/mol. The average molecular weight is 731 g/mol. The van der Waals surface area contributed by atoms with Gasteiger partial charge in [-0.2, -0.15) is 0 Å². The summed E-state index contributed by atoms with van der Waals surface area (Å²) in [5.74, 6) is 1.99. The Hall–Kier alpha value is -6.12. The quantitative estimate of drug-likeness (QED) is 0.177. The molecule has 4 aromatic heterocycles. The lowest BCUT2D eigenvalue weighted by Crippen LogP contribution is -2.00. The van der Waals surface area contributed by atoms with Crippen LogP contribution in [0.4, 0.5) is 0 Å². The summed E-state index contributed by atoms with van der Waals surface area (Å²) in [5, 5.41) is 5.93. The van der Waals surface area contributed by atoms with E-state index in [-0.39, 0.29) is 0 Å². The number of thiazole rings is 1. The fourth-order valence-electron chi connectivity index (χ4n) is 7.26. The second kappa shape index (κ2) is 12.2. The van der Waals surface area contributed by atoms with Gasteiger partial charge in [0.2, 0.25) is 0 Å². The highest BCUT2D eigenvalue weighted by Gasteiger charge is 2.19. The van der Waals surface area contributed by atoms with Gasteiger partial charge in [-0.3, -0.25) is 0 Å². The van der Waals surface area contributed by atoms with Crippen LogP contribution >= 0.6 is 34.0 Å². The van der Waals surface area contributed by atoms with Crippen LogP contribution in [0.3, 0.4) is 0 Å². The van der Waals surface area contributed by atoms with Crippen LogP contribution in [-0.4, -0.2) is 19.9 Å². The third-order valence-electron chi connectivity index (χ3n) is 9.80. The van der Waals surface area contributed by atoms with Crippen molar-refractivity contribution in [3.05, 3.63) is 158 Å². The zero-order chi connectivity index (χ0) is 34.9. The van der Waals surface area contributed by atoms with E-state index in [9.17, 15) is 0 Å². The minimum atomic E-state index is 0.660. The summed E-state index contributed by atoms with van der Waals surface area (Å²) >= 11 is 5.36. The first kappa shape index (κ1) is 30.5. The maximum Gasteiger partial charge on any atom is 0.164 e. The van der Waals surface area contributed by atoms with E-state index in [4.69, 9.17) is 19.9 Å². The number of para-hydroxylation sites is 1. The third-order valence-corrected chi connectivity index (χ3v) is 13.2. The summed E-state index contributed by atoms with van der Waals surface area (Å²) in [4.78, 5) is 20.3. The molecule has 0 aliphatic rings. The average Bonchev–Trinajstić information content (AvgIpc) is 3.94. The van der Waals surface area contributed by atoms with Crippen LogP contribution in [0, 0.1) is 0 Å². The van der Waals surface area contributed by atoms with Crippen LogP contribution in [-0.2, 0) is 0 Å². The molecule has 0 unspecified atom stereocenters. The molecule has 0 aliphatic carbocycles. The molecule has 0 spiro atoms. The number of hydrogen-bond donors (Lipinski definition) is 0. The van der Waals surface area contributed by atoms with Gasteiger partial charge in [0, 0.05) is 62.6 Å². The second-order valence-corrected chi connectivity index (χ2v) is 16.2. The minimum Gasteiger partial charge on any atom is -0.236 e. The van der Waals surface area contributed by atoms with Gasteiger partial charge in [-0.1, -0.05) is 127 Å². The molecule has 4 nitrogen and oxygen atoms in total. The molecule has 0 saturated carbocycles. The van der Waals surface area contributed by atoms with Crippen LogP contribution in [0.2, 0.25) is 0 Å². The van der Waals surface area contributed by atoms with E-state index in [1.54, 1.807) is 22.7 Å². The van der Waals surface area contributed by atoms with Gasteiger partial charge in [-0.25, -0.2) is 19.9 Å². The molecule has 7 aromatic carbocycles. The summed E-state index contributed by atoms with van der Waals surface area (Å²) in [5.41, 5.74) is 7.50. The Morgan fingerprint density at radius 2 is 0.981 bits per heavy atom. The van der Waals surface area contributed by atoms with Gasteiger partial charge in [0.25, 0.3) is 0 Å². The third kappa shape index (κ3) is 5.16. The van der Waals surface area contributed by atoms with Gasteiger partial charge in [0.15, 0.2) is 17.5 Å². The van der Waals surface area contributed by atoms with Crippen LogP contribution in [0.5, 0.6) is 0 Å². The molecule has 4 heterocycles. The number of aromatic nitrogens is 4. The molecule has 0 saturated heterocycles. The fourth-order valence-corrected chi connectivity index (χ4v) is 10.6. The molecule has 248 valence electrons. The molecule has 0 fully saturated rings. The van der Waals surface area contributed by atoms with Crippen LogP contribution in [0.15, 0.2) is 158 Å². The number of benzene rings is 7. The van der Waals surface area contributed by atoms with Crippen LogP contribution < -0.4 is 0 Å². The van der Waals surface area contributed by atoms with E-state index in [0.717, 1.165) is 38.2 Å². The number of rotatable bonds is 5. The highest BCUT2D eigenvalue weighted by atomic mass is 32.1. The van der Waals surface area contributed by atoms with Crippen molar-refractivity contribution in [2.75, 3.05) is 0 Å². The minimum absolute atomic E-state index is 0.660. The van der Waals surface area contributed by atoms with Gasteiger partial charge in [-0.05, 0) is 41.5 Å². The Morgan fingerprint density at radius 3 is 1.85 bits per heavy atom. The molecular formula is C46H26N4S3. The molecule has 11 rings (SSSR count). The topological polar surface area (TPSA) is 51.6 Å². The van der Waals surface area contributed by atoms with Crippen molar-refractivity contribution in [3.63, 3.8) is 0 Å². The summed E-state index contributed by atoms with van der Waals surface area (Å²) in [6.07, 6.45) is 0. The van der Waals surface area contributed by atoms with Gasteiger partial charge >= 0.3 is 0 Å². The number of nitrogens with zero attached hydrogens (tertiary/aromatic N) is 4. The highest BCUT2D eigenvalue weighted by Crippen LogP contribution is 2.44. The smallest absolute Gasteiger partial charge is 0.164 e. The molecule has 0 amide bonds. The zero-order valence-electron chi connectivity index (χ0n) is 28.0. The lowest BCUT2D eigenvalue weighted by atomic mass is 9.99. The van der Waals surface area contributed by atoms with E-state index < -0.39 is 0 Å². The summed E-state index contributed by atoms with van der Waals surface area (Å²) in [6.45, 7) is 0. The molecule has 0 bridgehead atoms. The van der Waals surface area contributed by atoms with Crippen LogP contribution in [0.1, 0.15) is 0 Å². The Labute approximate surface area is 316 Å². The van der Waals surface area contributed by atoms with Crippen molar-refractivity contribution >= 4 is 84.6 Å². The van der Waals surface area contributed by atoms with Crippen molar-refractivity contribution in [1.82, 2.24) is 19.9 Å². The standard InChI is InChI=1S/C46H26N4S3/c1-2-10-28(11-3-1)43-48-44(30-24-25-33-32-12-4-6-17-37(32)51-40(33)26-30)50-45(49-43)35-15-9-19-39-41(35)34-14-8-13-31(42(34)52-39)27-20-22-29(23-21-27)46-47-36-16-5-7-18-38(36)53-46/h1-26H. The van der Waals surface area contributed by atoms with E-state index >= 15 is 0 Å². The predicted octanol–water partition coefficient (Wildman–Crippen LogP) is 13.6. The van der Waals surface area contributed by atoms with Gasteiger partial charge < -0.3 is 0 Å². The Morgan fingerprint density at radius 1 is 0.340 bits per heavy atom. The van der Waals surface area contributed by atoms with Crippen molar-refractivity contribution in [2.24, 2.45) is 0 Å². The van der Waals surface area contributed by atoms with E-state index in [2.05, 4.69) is 133 Å². The molecule has 0 aliphatic heterocycles. The number of hydrogen-bond acceptors (Lipinski definition) is 7. The Kier molecular flexibility index (Phi) is 7.05. The maximum absolute atomic E-state index is 5.21. The largest absolute Gasteiger partial charge is 0.236 e. The maximum atomic E-state index is 5.21. The van der Waals surface area contributed by atoms with Crippen LogP contribution in [0.25, 0.3) is 106 Å². The first-order chi connectivity index (χ1) is 26.2. The Balaban J connectivity index is 1.05. The molecule has 11 aromatic rings. The molecule has 53 heavy (non-hydrogen) atoms. The molecule has 0 N–H and O–H groups in total. The first-order valence-electron chi connectivity index (χ1n) is 17.4. The lowest BCUT2D eigenvalue weighted by molar-refractivity contribution is 1.08.